The molecule has 2 aromatic carbocycles. The molecule has 0 bridgehead atoms. The van der Waals surface area contributed by atoms with Gasteiger partial charge in [-0.05, 0) is 68.5 Å². The highest BCUT2D eigenvalue weighted by atomic mass is 19.4. The van der Waals surface area contributed by atoms with Crippen molar-refractivity contribution in [2.75, 3.05) is 5.32 Å². The first-order chi connectivity index (χ1) is 16.2. The Morgan fingerprint density at radius 1 is 1.12 bits per heavy atom. The lowest BCUT2D eigenvalue weighted by Crippen LogP contribution is -2.36. The number of nitriles is 1. The van der Waals surface area contributed by atoms with Crippen molar-refractivity contribution in [2.24, 2.45) is 0 Å². The Kier molecular flexibility index (Phi) is 5.25. The minimum absolute atomic E-state index is 0.109. The van der Waals surface area contributed by atoms with Crippen LogP contribution in [0.25, 0.3) is 27.8 Å². The lowest BCUT2D eigenvalue weighted by Gasteiger charge is -2.34. The van der Waals surface area contributed by atoms with E-state index in [1.165, 1.54) is 12.1 Å². The Morgan fingerprint density at radius 2 is 1.79 bits per heavy atom. The van der Waals surface area contributed by atoms with Gasteiger partial charge in [-0.25, -0.2) is 4.98 Å². The minimum atomic E-state index is -4.43. The van der Waals surface area contributed by atoms with Gasteiger partial charge in [0.25, 0.3) is 0 Å². The van der Waals surface area contributed by atoms with E-state index in [0.717, 1.165) is 36.0 Å². The van der Waals surface area contributed by atoms with Gasteiger partial charge < -0.3 is 10.4 Å². The highest BCUT2D eigenvalue weighted by molar-refractivity contribution is 5.89. The molecule has 1 saturated carbocycles. The maximum atomic E-state index is 13.1. The molecule has 1 aliphatic rings. The lowest BCUT2D eigenvalue weighted by atomic mass is 9.83. The van der Waals surface area contributed by atoms with E-state index in [0.29, 0.717) is 41.0 Å². The number of pyridine rings is 1. The number of imidazole rings is 1. The van der Waals surface area contributed by atoms with Crippen molar-refractivity contribution in [3.8, 4) is 17.2 Å². The third kappa shape index (κ3) is 3.97. The summed E-state index contributed by atoms with van der Waals surface area (Å²) in [5, 5.41) is 23.9. The van der Waals surface area contributed by atoms with Gasteiger partial charge in [-0.2, -0.15) is 18.4 Å². The Hall–Kier alpha value is -3.57. The number of aliphatic hydroxyl groups is 1. The predicted molar refractivity (Wildman–Crippen MR) is 124 cm³/mol. The molecule has 1 fully saturated rings. The van der Waals surface area contributed by atoms with E-state index in [1.54, 1.807) is 0 Å². The molecular weight excluding hydrogens is 441 g/mol. The van der Waals surface area contributed by atoms with E-state index in [9.17, 15) is 23.5 Å². The van der Waals surface area contributed by atoms with Gasteiger partial charge in [0.2, 0.25) is 0 Å². The summed E-state index contributed by atoms with van der Waals surface area (Å²) in [6.07, 6.45) is -1.55. The number of halogens is 3. The van der Waals surface area contributed by atoms with Crippen LogP contribution in [0.1, 0.15) is 43.7 Å². The second-order valence-electron chi connectivity index (χ2n) is 9.18. The smallest absolute Gasteiger partial charge is 0.390 e. The second kappa shape index (κ2) is 8.03. The quantitative estimate of drug-likeness (QED) is 0.381. The number of hydrogen-bond acceptors (Lipinski definition) is 4. The van der Waals surface area contributed by atoms with Crippen LogP contribution >= 0.6 is 0 Å². The molecule has 2 N–H and O–H groups in total. The van der Waals surface area contributed by atoms with Crippen LogP contribution in [0.3, 0.4) is 0 Å². The van der Waals surface area contributed by atoms with Crippen LogP contribution in [0.15, 0.2) is 54.6 Å². The van der Waals surface area contributed by atoms with E-state index < -0.39 is 17.3 Å². The summed E-state index contributed by atoms with van der Waals surface area (Å²) < 4.78 is 41.1. The number of alkyl halides is 3. The van der Waals surface area contributed by atoms with Crippen LogP contribution in [0.4, 0.5) is 19.0 Å². The van der Waals surface area contributed by atoms with Crippen LogP contribution < -0.4 is 5.32 Å². The number of nitrogens with one attached hydrogen (secondary N) is 1. The summed E-state index contributed by atoms with van der Waals surface area (Å²) in [5.74, 6) is 0.712. The zero-order chi connectivity index (χ0) is 24.1. The largest absolute Gasteiger partial charge is 0.416 e. The van der Waals surface area contributed by atoms with Crippen LogP contribution in [0.2, 0.25) is 0 Å². The van der Waals surface area contributed by atoms with Gasteiger partial charge in [0.15, 0.2) is 5.65 Å². The van der Waals surface area contributed by atoms with Gasteiger partial charge in [0.1, 0.15) is 17.5 Å². The van der Waals surface area contributed by atoms with Gasteiger partial charge >= 0.3 is 6.18 Å². The first kappa shape index (κ1) is 22.2. The minimum Gasteiger partial charge on any atom is -0.390 e. The molecule has 2 aromatic heterocycles. The standard InChI is InChI=1S/C26H23F3N4O/c1-25(34)12-10-18(11-13-25)31-23-14-19(16-6-8-17(9-7-16)26(27,28)29)20(15-30)24-32-21-4-2-3-5-22(21)33(23)24/h2-9,14,18,31,34H,10-13H2,1H3. The van der Waals surface area contributed by atoms with E-state index in [-0.39, 0.29) is 6.04 Å². The SMILES string of the molecule is CC1(O)CCC(Nc2cc(-c3ccc(C(F)(F)F)cc3)c(C#N)c3nc4ccccc4n23)CC1. The summed E-state index contributed by atoms with van der Waals surface area (Å²) >= 11 is 0. The highest BCUT2D eigenvalue weighted by Gasteiger charge is 2.31. The Labute approximate surface area is 194 Å². The monoisotopic (exact) mass is 464 g/mol. The van der Waals surface area contributed by atoms with Gasteiger partial charge in [0.05, 0.1) is 22.2 Å². The Bertz CT molecular complexity index is 1400. The molecule has 34 heavy (non-hydrogen) atoms. The van der Waals surface area contributed by atoms with E-state index in [1.807, 2.05) is 41.7 Å². The summed E-state index contributed by atoms with van der Waals surface area (Å²) in [6, 6.07) is 16.5. The van der Waals surface area contributed by atoms with Gasteiger partial charge in [0, 0.05) is 11.6 Å². The van der Waals surface area contributed by atoms with Crippen LogP contribution in [-0.2, 0) is 6.18 Å². The Balaban J connectivity index is 1.67. The van der Waals surface area contributed by atoms with Crippen molar-refractivity contribution in [1.29, 1.82) is 5.26 Å². The molecule has 0 atom stereocenters. The summed E-state index contributed by atoms with van der Waals surface area (Å²) in [7, 11) is 0. The maximum absolute atomic E-state index is 13.1. The molecule has 5 nitrogen and oxygen atoms in total. The second-order valence-corrected chi connectivity index (χ2v) is 9.18. The number of rotatable bonds is 3. The first-order valence-electron chi connectivity index (χ1n) is 11.2. The number of nitrogens with zero attached hydrogens (tertiary/aromatic N) is 3. The summed E-state index contributed by atoms with van der Waals surface area (Å²) in [4.78, 5) is 4.69. The van der Waals surface area contributed by atoms with E-state index in [4.69, 9.17) is 0 Å². The van der Waals surface area contributed by atoms with Gasteiger partial charge in [-0.15, -0.1) is 0 Å². The molecule has 2 heterocycles. The fraction of sp³-hybridized carbons (Fsp3) is 0.308. The molecule has 0 aliphatic heterocycles. The van der Waals surface area contributed by atoms with Crippen molar-refractivity contribution >= 4 is 22.5 Å². The average molecular weight is 464 g/mol. The van der Waals surface area contributed by atoms with E-state index in [2.05, 4.69) is 16.4 Å². The summed E-state index contributed by atoms with van der Waals surface area (Å²) in [6.45, 7) is 1.84. The number of fused-ring (bicyclic) bond motifs is 3. The molecule has 1 aliphatic carbocycles. The maximum Gasteiger partial charge on any atom is 0.416 e. The normalized spacial score (nSPS) is 21.0. The zero-order valence-electron chi connectivity index (χ0n) is 18.5. The van der Waals surface area contributed by atoms with Crippen molar-refractivity contribution in [2.45, 2.75) is 50.4 Å². The molecule has 0 amide bonds. The fourth-order valence-corrected chi connectivity index (χ4v) is 4.71. The van der Waals surface area contributed by atoms with E-state index >= 15 is 0 Å². The van der Waals surface area contributed by atoms with Crippen LogP contribution in [0, 0.1) is 11.3 Å². The molecule has 0 spiro atoms. The molecule has 5 rings (SSSR count). The molecule has 0 saturated heterocycles. The molecular formula is C26H23F3N4O. The molecule has 0 radical (unpaired) electrons. The van der Waals surface area contributed by atoms with Crippen molar-refractivity contribution in [3.05, 3.63) is 65.7 Å². The van der Waals surface area contributed by atoms with Crippen molar-refractivity contribution < 1.29 is 18.3 Å². The van der Waals surface area contributed by atoms with Crippen molar-refractivity contribution in [3.63, 3.8) is 0 Å². The number of aromatic nitrogens is 2. The first-order valence-corrected chi connectivity index (χ1v) is 11.2. The highest BCUT2D eigenvalue weighted by Crippen LogP contribution is 2.37. The van der Waals surface area contributed by atoms with Crippen molar-refractivity contribution in [1.82, 2.24) is 9.38 Å². The zero-order valence-corrected chi connectivity index (χ0v) is 18.5. The molecule has 4 aromatic rings. The van der Waals surface area contributed by atoms with Gasteiger partial charge in [-0.1, -0.05) is 24.3 Å². The van der Waals surface area contributed by atoms with Crippen LogP contribution in [0.5, 0.6) is 0 Å². The number of para-hydroxylation sites is 2. The van der Waals surface area contributed by atoms with Crippen LogP contribution in [-0.4, -0.2) is 26.1 Å². The predicted octanol–water partition coefficient (Wildman–Crippen LogP) is 6.15. The average Bonchev–Trinajstić information content (AvgIpc) is 3.19. The molecule has 0 unspecified atom stereocenters. The Morgan fingerprint density at radius 3 is 2.44 bits per heavy atom. The number of anilines is 1. The number of hydrogen-bond donors (Lipinski definition) is 2. The topological polar surface area (TPSA) is 73.3 Å². The third-order valence-electron chi connectivity index (χ3n) is 6.63. The summed E-state index contributed by atoms with van der Waals surface area (Å²) in [5.41, 5.74) is 1.91. The lowest BCUT2D eigenvalue weighted by molar-refractivity contribution is -0.137. The molecule has 8 heteroatoms. The molecule has 174 valence electrons. The van der Waals surface area contributed by atoms with Gasteiger partial charge in [-0.3, -0.25) is 4.40 Å². The third-order valence-corrected chi connectivity index (χ3v) is 6.63. The number of benzene rings is 2. The fourth-order valence-electron chi connectivity index (χ4n) is 4.71.